The third-order valence-corrected chi connectivity index (χ3v) is 0.450. The molecule has 0 saturated heterocycles. The summed E-state index contributed by atoms with van der Waals surface area (Å²) in [5, 5.41) is 0. The highest BCUT2D eigenvalue weighted by atomic mass is 14.7. The number of rotatable bonds is 1. The molecular weight excluding hydrogens is 78.1 g/mol. The molecule has 0 aromatic carbocycles. The summed E-state index contributed by atoms with van der Waals surface area (Å²) < 4.78 is 0. The van der Waals surface area contributed by atoms with Crippen molar-refractivity contribution in [3.05, 3.63) is 11.9 Å². The third kappa shape index (κ3) is 1.60. The molecule has 6 N–H and O–H groups in total. The molecule has 6 heavy (non-hydrogen) atoms. The lowest BCUT2D eigenvalue weighted by molar-refractivity contribution is 1.09. The summed E-state index contributed by atoms with van der Waals surface area (Å²) in [7, 11) is 0. The van der Waals surface area contributed by atoms with Crippen molar-refractivity contribution in [2.45, 2.75) is 0 Å². The molecule has 0 fully saturated rings. The highest BCUT2D eigenvalue weighted by Gasteiger charge is 1.73. The second-order valence-electron chi connectivity index (χ2n) is 0.946. The van der Waals surface area contributed by atoms with Crippen LogP contribution in [0.15, 0.2) is 11.9 Å². The van der Waals surface area contributed by atoms with Crippen LogP contribution in [0, 0.1) is 0 Å². The van der Waals surface area contributed by atoms with Crippen LogP contribution in [0.4, 0.5) is 0 Å². The molecule has 0 spiro atoms. The van der Waals surface area contributed by atoms with Crippen LogP contribution in [-0.4, -0.2) is 6.54 Å². The molecule has 0 aromatic heterocycles. The van der Waals surface area contributed by atoms with E-state index in [0.29, 0.717) is 12.2 Å². The fraction of sp³-hybridized carbons (Fsp3) is 0.333. The summed E-state index contributed by atoms with van der Waals surface area (Å²) in [6, 6.07) is 0. The maximum Gasteiger partial charge on any atom is 0.0376 e. The standard InChI is InChI=1S/C3H9N3/c4-1-3(6)2-5/h1H,2,4-6H2/b3-1-. The predicted octanol–water partition coefficient (Wildman–Crippen LogP) is -1.30. The summed E-state index contributed by atoms with van der Waals surface area (Å²) in [4.78, 5) is 0. The molecule has 0 saturated carbocycles. The minimum atomic E-state index is 0.344. The minimum absolute atomic E-state index is 0.344. The Bertz CT molecular complexity index is 57.1. The van der Waals surface area contributed by atoms with Crippen LogP contribution in [0.25, 0.3) is 0 Å². The summed E-state index contributed by atoms with van der Waals surface area (Å²) in [5.74, 6) is 0. The molecule has 0 heterocycles. The van der Waals surface area contributed by atoms with Crippen LogP contribution >= 0.6 is 0 Å². The molecule has 3 nitrogen and oxygen atoms in total. The molecule has 3 heteroatoms. The van der Waals surface area contributed by atoms with Gasteiger partial charge in [0.05, 0.1) is 0 Å². The first kappa shape index (κ1) is 5.30. The molecular formula is C3H9N3. The van der Waals surface area contributed by atoms with E-state index in [4.69, 9.17) is 17.2 Å². The van der Waals surface area contributed by atoms with Gasteiger partial charge in [-0.25, -0.2) is 0 Å². The van der Waals surface area contributed by atoms with Gasteiger partial charge in [0.25, 0.3) is 0 Å². The second kappa shape index (κ2) is 2.53. The fourth-order valence-electron chi connectivity index (χ4n) is 0.0680. The van der Waals surface area contributed by atoms with Gasteiger partial charge in [-0.1, -0.05) is 0 Å². The van der Waals surface area contributed by atoms with Crippen LogP contribution in [0.3, 0.4) is 0 Å². The van der Waals surface area contributed by atoms with Gasteiger partial charge in [-0.2, -0.15) is 0 Å². The van der Waals surface area contributed by atoms with Crippen molar-refractivity contribution >= 4 is 0 Å². The van der Waals surface area contributed by atoms with E-state index in [-0.39, 0.29) is 0 Å². The third-order valence-electron chi connectivity index (χ3n) is 0.450. The Morgan fingerprint density at radius 1 is 1.67 bits per heavy atom. The van der Waals surface area contributed by atoms with E-state index in [1.54, 1.807) is 0 Å². The van der Waals surface area contributed by atoms with E-state index in [1.165, 1.54) is 6.20 Å². The van der Waals surface area contributed by atoms with Gasteiger partial charge < -0.3 is 17.2 Å². The van der Waals surface area contributed by atoms with E-state index in [0.717, 1.165) is 0 Å². The van der Waals surface area contributed by atoms with Crippen LogP contribution in [0.5, 0.6) is 0 Å². The average molecular weight is 87.1 g/mol. The second-order valence-corrected chi connectivity index (χ2v) is 0.946. The lowest BCUT2D eigenvalue weighted by Gasteiger charge is -1.86. The smallest absolute Gasteiger partial charge is 0.0376 e. The number of hydrogen-bond donors (Lipinski definition) is 3. The van der Waals surface area contributed by atoms with Crippen LogP contribution in [0.2, 0.25) is 0 Å². The highest BCUT2D eigenvalue weighted by Crippen LogP contribution is 1.65. The van der Waals surface area contributed by atoms with Crippen molar-refractivity contribution < 1.29 is 0 Å². The number of nitrogens with two attached hydrogens (primary N) is 3. The van der Waals surface area contributed by atoms with Gasteiger partial charge in [0, 0.05) is 18.4 Å². The van der Waals surface area contributed by atoms with Crippen molar-refractivity contribution in [2.75, 3.05) is 6.54 Å². The SMILES string of the molecule is N/C=C(\N)CN. The molecule has 0 radical (unpaired) electrons. The summed E-state index contributed by atoms with van der Waals surface area (Å²) in [5.41, 5.74) is 15.5. The lowest BCUT2D eigenvalue weighted by atomic mass is 10.5. The molecule has 0 aliphatic rings. The Hall–Kier alpha value is -0.700. The Morgan fingerprint density at radius 3 is 2.17 bits per heavy atom. The van der Waals surface area contributed by atoms with Gasteiger partial charge in [0.2, 0.25) is 0 Å². The molecule has 0 amide bonds. The molecule has 0 aliphatic heterocycles. The number of hydrogen-bond acceptors (Lipinski definition) is 3. The molecule has 0 rings (SSSR count). The normalized spacial score (nSPS) is 11.8. The first-order chi connectivity index (χ1) is 2.81. The van der Waals surface area contributed by atoms with Gasteiger partial charge in [-0.3, -0.25) is 0 Å². The zero-order valence-electron chi connectivity index (χ0n) is 3.52. The average Bonchev–Trinajstić information content (AvgIpc) is 1.65. The summed E-state index contributed by atoms with van der Waals surface area (Å²) in [6.07, 6.45) is 1.29. The monoisotopic (exact) mass is 87.1 g/mol. The van der Waals surface area contributed by atoms with Crippen LogP contribution < -0.4 is 17.2 Å². The zero-order valence-corrected chi connectivity index (χ0v) is 3.52. The predicted molar refractivity (Wildman–Crippen MR) is 25.5 cm³/mol. The maximum absolute atomic E-state index is 5.08. The van der Waals surface area contributed by atoms with Gasteiger partial charge in [-0.05, 0) is 0 Å². The minimum Gasteiger partial charge on any atom is -0.403 e. The van der Waals surface area contributed by atoms with Gasteiger partial charge in [-0.15, -0.1) is 0 Å². The molecule has 0 aromatic rings. The molecule has 36 valence electrons. The van der Waals surface area contributed by atoms with E-state index >= 15 is 0 Å². The lowest BCUT2D eigenvalue weighted by Crippen LogP contribution is -2.12. The topological polar surface area (TPSA) is 78.1 Å². The van der Waals surface area contributed by atoms with E-state index < -0.39 is 0 Å². The van der Waals surface area contributed by atoms with Crippen molar-refractivity contribution in [1.82, 2.24) is 0 Å². The largest absolute Gasteiger partial charge is 0.403 e. The van der Waals surface area contributed by atoms with Crippen LogP contribution in [-0.2, 0) is 0 Å². The highest BCUT2D eigenvalue weighted by molar-refractivity contribution is 4.93. The first-order valence-electron chi connectivity index (χ1n) is 1.67. The van der Waals surface area contributed by atoms with E-state index in [1.807, 2.05) is 0 Å². The fourth-order valence-corrected chi connectivity index (χ4v) is 0.0680. The quantitative estimate of drug-likeness (QED) is 0.372. The van der Waals surface area contributed by atoms with Gasteiger partial charge in [0.15, 0.2) is 0 Å². The Morgan fingerprint density at radius 2 is 2.17 bits per heavy atom. The summed E-state index contributed by atoms with van der Waals surface area (Å²) in [6.45, 7) is 0.344. The van der Waals surface area contributed by atoms with E-state index in [9.17, 15) is 0 Å². The first-order valence-corrected chi connectivity index (χ1v) is 1.67. The Balaban J connectivity index is 3.22. The molecule has 0 bridgehead atoms. The molecule has 0 atom stereocenters. The maximum atomic E-state index is 5.08. The molecule has 0 unspecified atom stereocenters. The Labute approximate surface area is 36.8 Å². The summed E-state index contributed by atoms with van der Waals surface area (Å²) >= 11 is 0. The van der Waals surface area contributed by atoms with Crippen molar-refractivity contribution in [3.63, 3.8) is 0 Å². The van der Waals surface area contributed by atoms with E-state index in [2.05, 4.69) is 0 Å². The van der Waals surface area contributed by atoms with Crippen LogP contribution in [0.1, 0.15) is 0 Å². The molecule has 0 aliphatic carbocycles. The van der Waals surface area contributed by atoms with Crippen molar-refractivity contribution in [3.8, 4) is 0 Å². The zero-order chi connectivity index (χ0) is 4.99. The van der Waals surface area contributed by atoms with Gasteiger partial charge >= 0.3 is 0 Å². The van der Waals surface area contributed by atoms with Gasteiger partial charge in [0.1, 0.15) is 0 Å². The Kier molecular flexibility index (Phi) is 2.24. The van der Waals surface area contributed by atoms with Crippen molar-refractivity contribution in [1.29, 1.82) is 0 Å². The van der Waals surface area contributed by atoms with Crippen molar-refractivity contribution in [2.24, 2.45) is 17.2 Å².